The molecule has 0 aliphatic carbocycles. The molecule has 0 unspecified atom stereocenters. The summed E-state index contributed by atoms with van der Waals surface area (Å²) < 4.78 is 5.00. The van der Waals surface area contributed by atoms with Crippen molar-refractivity contribution < 1.29 is 14.1 Å². The molecule has 130 valence electrons. The second kappa shape index (κ2) is 6.76. The third-order valence-corrected chi connectivity index (χ3v) is 3.76. The number of amides is 2. The molecular formula is C17H19N5O3. The summed E-state index contributed by atoms with van der Waals surface area (Å²) in [5, 5.41) is 5.21. The van der Waals surface area contributed by atoms with Gasteiger partial charge in [0.05, 0.1) is 12.2 Å². The lowest BCUT2D eigenvalue weighted by Gasteiger charge is -2.29. The standard InChI is InChI=1S/C17H19N5O3/c1-11-4-6-14(7-5-11)22-15(23)9-18-16(19-22)17(24)21(3)10-13-8-12(2)25-20-13/h4-8H,9-10H2,1-3H3,(H,18,19). The minimum Gasteiger partial charge on any atom is -0.361 e. The highest BCUT2D eigenvalue weighted by Crippen LogP contribution is 2.15. The maximum absolute atomic E-state index is 12.6. The first-order chi connectivity index (χ1) is 11.9. The van der Waals surface area contributed by atoms with Gasteiger partial charge in [-0.25, -0.2) is 5.01 Å². The first-order valence-corrected chi connectivity index (χ1v) is 7.82. The molecule has 8 heteroatoms. The quantitative estimate of drug-likeness (QED) is 0.902. The van der Waals surface area contributed by atoms with Crippen LogP contribution in [0, 0.1) is 13.8 Å². The fourth-order valence-electron chi connectivity index (χ4n) is 2.43. The van der Waals surface area contributed by atoms with Gasteiger partial charge in [0.15, 0.2) is 0 Å². The van der Waals surface area contributed by atoms with Crippen molar-refractivity contribution in [2.75, 3.05) is 18.6 Å². The zero-order valence-electron chi connectivity index (χ0n) is 14.3. The number of nitrogens with one attached hydrogen (secondary N) is 1. The molecule has 0 saturated heterocycles. The highest BCUT2D eigenvalue weighted by molar-refractivity contribution is 6.39. The second-order valence-corrected chi connectivity index (χ2v) is 5.93. The summed E-state index contributed by atoms with van der Waals surface area (Å²) in [5.41, 5.74) is 5.20. The Bertz CT molecular complexity index is 825. The number of benzene rings is 1. The molecule has 0 spiro atoms. The number of rotatable bonds is 4. The molecule has 1 aromatic heterocycles. The topological polar surface area (TPSA) is 91.0 Å². The van der Waals surface area contributed by atoms with Gasteiger partial charge < -0.3 is 9.42 Å². The van der Waals surface area contributed by atoms with Crippen LogP contribution in [0.15, 0.2) is 39.8 Å². The molecule has 1 N–H and O–H groups in total. The minimum absolute atomic E-state index is 0.0845. The van der Waals surface area contributed by atoms with Gasteiger partial charge in [-0.3, -0.25) is 20.0 Å². The number of hydrazine groups is 1. The molecule has 1 aliphatic heterocycles. The number of likely N-dealkylation sites (N-methyl/N-ethyl adjacent to an activating group) is 1. The van der Waals surface area contributed by atoms with Gasteiger partial charge in [-0.1, -0.05) is 22.9 Å². The molecule has 0 radical (unpaired) electrons. The van der Waals surface area contributed by atoms with Crippen LogP contribution in [0.4, 0.5) is 5.69 Å². The third-order valence-electron chi connectivity index (χ3n) is 3.76. The molecular weight excluding hydrogens is 322 g/mol. The Labute approximate surface area is 145 Å². The number of carbonyl (C=O) groups excluding carboxylic acids is 2. The maximum Gasteiger partial charge on any atom is 0.290 e. The average Bonchev–Trinajstić information content (AvgIpc) is 3.00. The highest BCUT2D eigenvalue weighted by atomic mass is 16.5. The number of aliphatic imine (C=N–C) groups is 1. The number of aromatic nitrogens is 1. The monoisotopic (exact) mass is 341 g/mol. The van der Waals surface area contributed by atoms with Crippen molar-refractivity contribution >= 4 is 23.3 Å². The van der Waals surface area contributed by atoms with E-state index >= 15 is 0 Å². The van der Waals surface area contributed by atoms with E-state index in [1.165, 1.54) is 9.91 Å². The molecule has 25 heavy (non-hydrogen) atoms. The number of amidine groups is 1. The molecule has 1 aliphatic rings. The van der Waals surface area contributed by atoms with E-state index in [1.54, 1.807) is 20.0 Å². The molecule has 0 bridgehead atoms. The van der Waals surface area contributed by atoms with E-state index in [0.29, 0.717) is 17.1 Å². The molecule has 0 atom stereocenters. The Balaban J connectivity index is 1.72. The van der Waals surface area contributed by atoms with Gasteiger partial charge in [0.1, 0.15) is 18.0 Å². The summed E-state index contributed by atoms with van der Waals surface area (Å²) in [6.07, 6.45) is 0. The normalized spacial score (nSPS) is 14.1. The van der Waals surface area contributed by atoms with Crippen molar-refractivity contribution in [3.63, 3.8) is 0 Å². The van der Waals surface area contributed by atoms with E-state index in [4.69, 9.17) is 4.52 Å². The molecule has 1 aromatic carbocycles. The van der Waals surface area contributed by atoms with Crippen LogP contribution >= 0.6 is 0 Å². The number of anilines is 1. The van der Waals surface area contributed by atoms with Crippen LogP contribution in [0.2, 0.25) is 0 Å². The van der Waals surface area contributed by atoms with Gasteiger partial charge in [0.2, 0.25) is 5.84 Å². The zero-order chi connectivity index (χ0) is 18.0. The Morgan fingerprint density at radius 2 is 2.04 bits per heavy atom. The number of carbonyl (C=O) groups is 2. The Morgan fingerprint density at radius 3 is 2.68 bits per heavy atom. The van der Waals surface area contributed by atoms with E-state index in [9.17, 15) is 9.59 Å². The second-order valence-electron chi connectivity index (χ2n) is 5.93. The Hall–Kier alpha value is -3.16. The van der Waals surface area contributed by atoms with E-state index in [1.807, 2.05) is 31.2 Å². The van der Waals surface area contributed by atoms with Crippen LogP contribution < -0.4 is 10.4 Å². The van der Waals surface area contributed by atoms with Gasteiger partial charge in [-0.2, -0.15) is 0 Å². The Kier molecular flexibility index (Phi) is 4.51. The van der Waals surface area contributed by atoms with Crippen molar-refractivity contribution in [3.8, 4) is 0 Å². The van der Waals surface area contributed by atoms with E-state index in [-0.39, 0.29) is 30.7 Å². The van der Waals surface area contributed by atoms with Gasteiger partial charge in [0.25, 0.3) is 11.8 Å². The van der Waals surface area contributed by atoms with E-state index in [2.05, 4.69) is 15.6 Å². The molecule has 0 saturated carbocycles. The minimum atomic E-state index is -0.328. The van der Waals surface area contributed by atoms with Crippen LogP contribution in [0.1, 0.15) is 17.0 Å². The van der Waals surface area contributed by atoms with Crippen molar-refractivity contribution in [2.45, 2.75) is 20.4 Å². The van der Waals surface area contributed by atoms with E-state index < -0.39 is 0 Å². The van der Waals surface area contributed by atoms with Crippen molar-refractivity contribution in [1.82, 2.24) is 15.5 Å². The van der Waals surface area contributed by atoms with Crippen molar-refractivity contribution in [1.29, 1.82) is 0 Å². The molecule has 2 heterocycles. The lowest BCUT2D eigenvalue weighted by atomic mass is 10.2. The van der Waals surface area contributed by atoms with Crippen LogP contribution in [0.5, 0.6) is 0 Å². The average molecular weight is 341 g/mol. The lowest BCUT2D eigenvalue weighted by molar-refractivity contribution is -0.123. The highest BCUT2D eigenvalue weighted by Gasteiger charge is 2.27. The molecule has 2 aromatic rings. The summed E-state index contributed by atoms with van der Waals surface area (Å²) in [6, 6.07) is 9.19. The fraction of sp³-hybridized carbons (Fsp3) is 0.294. The van der Waals surface area contributed by atoms with Gasteiger partial charge in [0, 0.05) is 13.1 Å². The summed E-state index contributed by atoms with van der Waals surface area (Å²) >= 11 is 0. The maximum atomic E-state index is 12.6. The van der Waals surface area contributed by atoms with E-state index in [0.717, 1.165) is 5.56 Å². The predicted octanol–water partition coefficient (Wildman–Crippen LogP) is 1.20. The van der Waals surface area contributed by atoms with Gasteiger partial charge in [-0.15, -0.1) is 0 Å². The van der Waals surface area contributed by atoms with Gasteiger partial charge >= 0.3 is 0 Å². The first-order valence-electron chi connectivity index (χ1n) is 7.82. The molecule has 2 amide bonds. The number of nitrogens with zero attached hydrogens (tertiary/aromatic N) is 4. The number of hydrogen-bond donors (Lipinski definition) is 1. The summed E-state index contributed by atoms with van der Waals surface area (Å²) in [7, 11) is 1.64. The van der Waals surface area contributed by atoms with Crippen LogP contribution in [-0.2, 0) is 16.1 Å². The van der Waals surface area contributed by atoms with Crippen molar-refractivity contribution in [3.05, 3.63) is 47.3 Å². The predicted molar refractivity (Wildman–Crippen MR) is 91.8 cm³/mol. The number of hydrogen-bond acceptors (Lipinski definition) is 6. The summed E-state index contributed by atoms with van der Waals surface area (Å²) in [6.45, 7) is 3.95. The number of aryl methyl sites for hydroxylation is 2. The van der Waals surface area contributed by atoms with Gasteiger partial charge in [-0.05, 0) is 26.0 Å². The van der Waals surface area contributed by atoms with Crippen molar-refractivity contribution in [2.24, 2.45) is 4.99 Å². The SMILES string of the molecule is Cc1ccc(N2NC(C(=O)N(C)Cc3cc(C)on3)=NCC2=O)cc1. The summed E-state index contributed by atoms with van der Waals surface area (Å²) in [5.74, 6) is 0.239. The lowest BCUT2D eigenvalue weighted by Crippen LogP contribution is -2.55. The molecule has 0 fully saturated rings. The Morgan fingerprint density at radius 1 is 1.32 bits per heavy atom. The molecule has 8 nitrogen and oxygen atoms in total. The fourth-order valence-corrected chi connectivity index (χ4v) is 2.43. The van der Waals surface area contributed by atoms with Crippen LogP contribution in [-0.4, -0.2) is 41.3 Å². The molecule has 3 rings (SSSR count). The third kappa shape index (κ3) is 3.68. The zero-order valence-corrected chi connectivity index (χ0v) is 14.3. The van der Waals surface area contributed by atoms with Crippen LogP contribution in [0.3, 0.4) is 0 Å². The summed E-state index contributed by atoms with van der Waals surface area (Å²) in [4.78, 5) is 30.2. The first kappa shape index (κ1) is 16.7. The smallest absolute Gasteiger partial charge is 0.290 e. The largest absolute Gasteiger partial charge is 0.361 e. The van der Waals surface area contributed by atoms with Crippen LogP contribution in [0.25, 0.3) is 0 Å².